The van der Waals surface area contributed by atoms with Gasteiger partial charge in [0.25, 0.3) is 5.91 Å². The molecule has 1 heterocycles. The molecule has 2 aromatic carbocycles. The van der Waals surface area contributed by atoms with E-state index in [1.165, 1.54) is 5.56 Å². The number of rotatable bonds is 4. The first-order chi connectivity index (χ1) is 12.3. The zero-order valence-corrected chi connectivity index (χ0v) is 15.9. The van der Waals surface area contributed by atoms with E-state index in [1.54, 1.807) is 0 Å². The third-order valence-corrected chi connectivity index (χ3v) is 4.85. The van der Waals surface area contributed by atoms with E-state index in [2.05, 4.69) is 19.2 Å². The van der Waals surface area contributed by atoms with Crippen LogP contribution in [0.15, 0.2) is 36.4 Å². The Balaban J connectivity index is 1.81. The van der Waals surface area contributed by atoms with Crippen LogP contribution in [0.4, 0.5) is 11.4 Å². The fraction of sp³-hybridized carbons (Fsp3) is 0.364. The number of anilines is 2. The van der Waals surface area contributed by atoms with E-state index in [9.17, 15) is 9.59 Å². The van der Waals surface area contributed by atoms with Gasteiger partial charge in [0, 0.05) is 29.9 Å². The van der Waals surface area contributed by atoms with Crippen molar-refractivity contribution < 1.29 is 9.59 Å². The van der Waals surface area contributed by atoms with Gasteiger partial charge in [0.15, 0.2) is 0 Å². The Kier molecular flexibility index (Phi) is 5.12. The average Bonchev–Trinajstić information content (AvgIpc) is 2.59. The van der Waals surface area contributed by atoms with Crippen molar-refractivity contribution in [2.75, 3.05) is 16.8 Å². The van der Waals surface area contributed by atoms with Crippen LogP contribution in [0.1, 0.15) is 47.3 Å². The van der Waals surface area contributed by atoms with Gasteiger partial charge in [0.1, 0.15) is 0 Å². The van der Waals surface area contributed by atoms with E-state index >= 15 is 0 Å². The summed E-state index contributed by atoms with van der Waals surface area (Å²) in [5, 5.41) is 2.98. The minimum atomic E-state index is -0.112. The van der Waals surface area contributed by atoms with Crippen molar-refractivity contribution in [2.45, 2.75) is 40.5 Å². The molecular weight excluding hydrogens is 324 g/mol. The standard InChI is InChI=1S/C22H26N2O2/c1-14(2)13-24-20-9-8-19(12-17(20)7-10-21(24)25)23-22(26)18-6-5-15(3)16(4)11-18/h5-6,8-9,11-12,14H,7,10,13H2,1-4H3,(H,23,26). The van der Waals surface area contributed by atoms with Crippen LogP contribution in [0.3, 0.4) is 0 Å². The Morgan fingerprint density at radius 1 is 1.08 bits per heavy atom. The summed E-state index contributed by atoms with van der Waals surface area (Å²) in [4.78, 5) is 26.7. The molecule has 2 amide bonds. The minimum absolute atomic E-state index is 0.112. The number of amides is 2. The molecule has 26 heavy (non-hydrogen) atoms. The topological polar surface area (TPSA) is 49.4 Å². The average molecular weight is 350 g/mol. The molecule has 4 heteroatoms. The monoisotopic (exact) mass is 350 g/mol. The first kappa shape index (κ1) is 18.2. The molecule has 0 bridgehead atoms. The molecule has 0 unspecified atom stereocenters. The maximum atomic E-state index is 12.5. The zero-order chi connectivity index (χ0) is 18.8. The second-order valence-electron chi connectivity index (χ2n) is 7.49. The Hall–Kier alpha value is -2.62. The van der Waals surface area contributed by atoms with E-state index in [4.69, 9.17) is 0 Å². The summed E-state index contributed by atoms with van der Waals surface area (Å²) in [5.41, 5.74) is 5.78. The Morgan fingerprint density at radius 3 is 2.54 bits per heavy atom. The highest BCUT2D eigenvalue weighted by molar-refractivity contribution is 6.05. The van der Waals surface area contributed by atoms with Crippen LogP contribution in [0.2, 0.25) is 0 Å². The van der Waals surface area contributed by atoms with Crippen LogP contribution in [-0.4, -0.2) is 18.4 Å². The highest BCUT2D eigenvalue weighted by Crippen LogP contribution is 2.31. The Bertz CT molecular complexity index is 855. The van der Waals surface area contributed by atoms with Gasteiger partial charge in [-0.3, -0.25) is 9.59 Å². The third-order valence-electron chi connectivity index (χ3n) is 4.85. The lowest BCUT2D eigenvalue weighted by Gasteiger charge is -2.31. The number of nitrogens with zero attached hydrogens (tertiary/aromatic N) is 1. The van der Waals surface area contributed by atoms with E-state index in [0.717, 1.165) is 35.5 Å². The van der Waals surface area contributed by atoms with Gasteiger partial charge in [-0.2, -0.15) is 0 Å². The molecule has 0 aromatic heterocycles. The molecule has 1 aliphatic heterocycles. The highest BCUT2D eigenvalue weighted by atomic mass is 16.2. The highest BCUT2D eigenvalue weighted by Gasteiger charge is 2.25. The van der Waals surface area contributed by atoms with Crippen LogP contribution in [0.5, 0.6) is 0 Å². The third kappa shape index (κ3) is 3.79. The molecule has 0 saturated carbocycles. The first-order valence-electron chi connectivity index (χ1n) is 9.17. The number of aryl methyl sites for hydroxylation is 3. The van der Waals surface area contributed by atoms with Crippen molar-refractivity contribution in [1.29, 1.82) is 0 Å². The fourth-order valence-electron chi connectivity index (χ4n) is 3.29. The van der Waals surface area contributed by atoms with Crippen LogP contribution in [0.25, 0.3) is 0 Å². The van der Waals surface area contributed by atoms with E-state index in [-0.39, 0.29) is 11.8 Å². The molecule has 0 saturated heterocycles. The molecule has 1 N–H and O–H groups in total. The van der Waals surface area contributed by atoms with Crippen molar-refractivity contribution in [1.82, 2.24) is 0 Å². The van der Waals surface area contributed by atoms with E-state index in [1.807, 2.05) is 55.1 Å². The van der Waals surface area contributed by atoms with Gasteiger partial charge in [-0.1, -0.05) is 19.9 Å². The second-order valence-corrected chi connectivity index (χ2v) is 7.49. The predicted molar refractivity (Wildman–Crippen MR) is 106 cm³/mol. The number of benzene rings is 2. The van der Waals surface area contributed by atoms with Gasteiger partial charge in [0.2, 0.25) is 5.91 Å². The van der Waals surface area contributed by atoms with Gasteiger partial charge < -0.3 is 10.2 Å². The number of carbonyl (C=O) groups is 2. The quantitative estimate of drug-likeness (QED) is 0.883. The lowest BCUT2D eigenvalue weighted by Crippen LogP contribution is -2.37. The molecule has 0 aliphatic carbocycles. The summed E-state index contributed by atoms with van der Waals surface area (Å²) in [6.45, 7) is 8.98. The molecule has 4 nitrogen and oxygen atoms in total. The molecular formula is C22H26N2O2. The molecule has 136 valence electrons. The number of fused-ring (bicyclic) bond motifs is 1. The largest absolute Gasteiger partial charge is 0.322 e. The second kappa shape index (κ2) is 7.32. The van der Waals surface area contributed by atoms with Gasteiger partial charge in [0.05, 0.1) is 0 Å². The van der Waals surface area contributed by atoms with Gasteiger partial charge >= 0.3 is 0 Å². The van der Waals surface area contributed by atoms with E-state index in [0.29, 0.717) is 17.9 Å². The number of hydrogen-bond acceptors (Lipinski definition) is 2. The molecule has 2 aromatic rings. The summed E-state index contributed by atoms with van der Waals surface area (Å²) in [7, 11) is 0. The van der Waals surface area contributed by atoms with Crippen molar-refractivity contribution >= 4 is 23.2 Å². The molecule has 1 aliphatic rings. The molecule has 0 spiro atoms. The smallest absolute Gasteiger partial charge is 0.255 e. The Morgan fingerprint density at radius 2 is 1.85 bits per heavy atom. The van der Waals surface area contributed by atoms with Crippen LogP contribution >= 0.6 is 0 Å². The maximum Gasteiger partial charge on any atom is 0.255 e. The maximum absolute atomic E-state index is 12.5. The van der Waals surface area contributed by atoms with Crippen LogP contribution in [-0.2, 0) is 11.2 Å². The van der Waals surface area contributed by atoms with Crippen molar-refractivity contribution in [3.05, 3.63) is 58.7 Å². The zero-order valence-electron chi connectivity index (χ0n) is 15.9. The molecule has 0 atom stereocenters. The minimum Gasteiger partial charge on any atom is -0.322 e. The van der Waals surface area contributed by atoms with E-state index < -0.39 is 0 Å². The Labute approximate surface area is 155 Å². The van der Waals surface area contributed by atoms with Crippen LogP contribution in [0, 0.1) is 19.8 Å². The molecule has 0 fully saturated rings. The summed E-state index contributed by atoms with van der Waals surface area (Å²) >= 11 is 0. The summed E-state index contributed by atoms with van der Waals surface area (Å²) in [6, 6.07) is 11.5. The van der Waals surface area contributed by atoms with Crippen molar-refractivity contribution in [3.8, 4) is 0 Å². The summed E-state index contributed by atoms with van der Waals surface area (Å²) < 4.78 is 0. The lowest BCUT2D eigenvalue weighted by molar-refractivity contribution is -0.119. The number of nitrogens with one attached hydrogen (secondary N) is 1. The lowest BCUT2D eigenvalue weighted by atomic mass is 9.99. The van der Waals surface area contributed by atoms with Crippen molar-refractivity contribution in [2.24, 2.45) is 5.92 Å². The summed E-state index contributed by atoms with van der Waals surface area (Å²) in [5.74, 6) is 0.478. The predicted octanol–water partition coefficient (Wildman–Crippen LogP) is 4.49. The molecule has 0 radical (unpaired) electrons. The normalized spacial score (nSPS) is 13.7. The number of carbonyl (C=O) groups excluding carboxylic acids is 2. The first-order valence-corrected chi connectivity index (χ1v) is 9.17. The van der Waals surface area contributed by atoms with Gasteiger partial charge in [-0.05, 0) is 73.2 Å². The van der Waals surface area contributed by atoms with Gasteiger partial charge in [-0.25, -0.2) is 0 Å². The van der Waals surface area contributed by atoms with Gasteiger partial charge in [-0.15, -0.1) is 0 Å². The molecule has 3 rings (SSSR count). The van der Waals surface area contributed by atoms with Crippen molar-refractivity contribution in [3.63, 3.8) is 0 Å². The SMILES string of the molecule is Cc1ccc(C(=O)Nc2ccc3c(c2)CCC(=O)N3CC(C)C)cc1C. The summed E-state index contributed by atoms with van der Waals surface area (Å²) in [6.07, 6.45) is 1.24. The number of hydrogen-bond donors (Lipinski definition) is 1. The fourth-order valence-corrected chi connectivity index (χ4v) is 3.29. The van der Waals surface area contributed by atoms with Crippen LogP contribution < -0.4 is 10.2 Å².